The molecule has 14 heteroatoms. The van der Waals surface area contributed by atoms with Crippen molar-refractivity contribution >= 4 is 22.5 Å². The van der Waals surface area contributed by atoms with E-state index in [-0.39, 0.29) is 53.4 Å². The topological polar surface area (TPSA) is 131 Å². The highest BCUT2D eigenvalue weighted by atomic mass is 19.4. The fraction of sp³-hybridized carbons (Fsp3) is 0.429. The first-order chi connectivity index (χ1) is 19.9. The number of carbonyl (C=O) groups is 1. The quantitative estimate of drug-likeness (QED) is 0.335. The lowest BCUT2D eigenvalue weighted by atomic mass is 9.98. The van der Waals surface area contributed by atoms with Crippen molar-refractivity contribution in [3.63, 3.8) is 0 Å². The van der Waals surface area contributed by atoms with E-state index in [1.807, 2.05) is 13.8 Å². The molecule has 1 saturated heterocycles. The lowest BCUT2D eigenvalue weighted by Crippen LogP contribution is -2.48. The number of hydrogen-bond acceptors (Lipinski definition) is 8. The van der Waals surface area contributed by atoms with Gasteiger partial charge in [0.15, 0.2) is 5.82 Å². The minimum absolute atomic E-state index is 0.0359. The van der Waals surface area contributed by atoms with Gasteiger partial charge in [0.1, 0.15) is 5.82 Å². The van der Waals surface area contributed by atoms with E-state index in [1.54, 1.807) is 43.0 Å². The highest BCUT2D eigenvalue weighted by Crippen LogP contribution is 2.37. The van der Waals surface area contributed by atoms with E-state index in [4.69, 9.17) is 4.74 Å². The Balaban J connectivity index is 1.42. The van der Waals surface area contributed by atoms with Crippen molar-refractivity contribution in [2.75, 3.05) is 18.4 Å². The molecule has 0 spiro atoms. The van der Waals surface area contributed by atoms with Gasteiger partial charge >= 0.3 is 6.18 Å². The Kier molecular flexibility index (Phi) is 7.99. The molecule has 0 bridgehead atoms. The molecular formula is C28H31F3N8O3. The van der Waals surface area contributed by atoms with Gasteiger partial charge in [-0.05, 0) is 69.7 Å². The number of fused-ring (bicyclic) bond motifs is 1. The van der Waals surface area contributed by atoms with E-state index < -0.39 is 23.3 Å². The van der Waals surface area contributed by atoms with Crippen molar-refractivity contribution in [3.8, 4) is 0 Å². The maximum absolute atomic E-state index is 14.2. The Bertz CT molecular complexity index is 1630. The second-order valence-corrected chi connectivity index (χ2v) is 10.6. The van der Waals surface area contributed by atoms with E-state index >= 15 is 0 Å². The van der Waals surface area contributed by atoms with Crippen LogP contribution in [0.15, 0.2) is 41.2 Å². The molecule has 2 aromatic heterocycles. The zero-order valence-electron chi connectivity index (χ0n) is 23.6. The van der Waals surface area contributed by atoms with Crippen LogP contribution in [-0.2, 0) is 23.9 Å². The molecule has 3 heterocycles. The normalized spacial score (nSPS) is 18.3. The summed E-state index contributed by atoms with van der Waals surface area (Å²) in [5.74, 6) is 0.539. The van der Waals surface area contributed by atoms with Crippen LogP contribution in [0.25, 0.3) is 10.9 Å². The number of halogens is 3. The number of tetrazole rings is 1. The second-order valence-electron chi connectivity index (χ2n) is 10.6. The molecule has 5 rings (SSSR count). The molecule has 2 aromatic carbocycles. The van der Waals surface area contributed by atoms with Gasteiger partial charge in [0.05, 0.1) is 28.7 Å². The zero-order valence-corrected chi connectivity index (χ0v) is 23.6. The summed E-state index contributed by atoms with van der Waals surface area (Å²) in [7, 11) is 0. The molecule has 4 aromatic rings. The smallest absolute Gasteiger partial charge is 0.379 e. The zero-order chi connectivity index (χ0) is 30.2. The molecule has 222 valence electrons. The van der Waals surface area contributed by atoms with Gasteiger partial charge in [0.2, 0.25) is 0 Å². The summed E-state index contributed by atoms with van der Waals surface area (Å²) < 4.78 is 49.7. The molecular weight excluding hydrogens is 553 g/mol. The highest BCUT2D eigenvalue weighted by molar-refractivity contribution is 5.94. The van der Waals surface area contributed by atoms with E-state index in [2.05, 4.69) is 30.9 Å². The van der Waals surface area contributed by atoms with Gasteiger partial charge in [-0.2, -0.15) is 18.4 Å². The first kappa shape index (κ1) is 29.2. The lowest BCUT2D eigenvalue weighted by Gasteiger charge is -2.35. The number of alkyl halides is 3. The number of H-pyrrole nitrogens is 1. The molecule has 0 aliphatic carbocycles. The SMILES string of the molecule is Cc1nc2cc(C(F)(F)F)c(C(C)Nc3ccc(C(=O)N4CC(C)OC(C)C4)cc3)cc2c(=O)n1CCc1nn[nH]n1. The molecule has 3 unspecified atom stereocenters. The van der Waals surface area contributed by atoms with Crippen molar-refractivity contribution in [1.29, 1.82) is 0 Å². The standard InChI is InChI=1S/C28H31F3N8O3/c1-15-13-38(14-16(2)42-15)26(40)19-5-7-20(8-6-19)32-17(3)21-11-22-24(12-23(21)28(29,30)31)33-18(4)39(27(22)41)10-9-25-34-36-37-35-25/h5-8,11-12,15-17,32H,9-10,13-14H2,1-4H3,(H,34,35,36,37). The van der Waals surface area contributed by atoms with Gasteiger partial charge in [-0.15, -0.1) is 10.2 Å². The molecule has 0 radical (unpaired) electrons. The predicted octanol–water partition coefficient (Wildman–Crippen LogP) is 3.90. The van der Waals surface area contributed by atoms with Crippen molar-refractivity contribution in [1.82, 2.24) is 35.1 Å². The number of aryl methyl sites for hydroxylation is 2. The predicted molar refractivity (Wildman–Crippen MR) is 148 cm³/mol. The summed E-state index contributed by atoms with van der Waals surface area (Å²) in [4.78, 5) is 32.4. The Morgan fingerprint density at radius 3 is 2.48 bits per heavy atom. The summed E-state index contributed by atoms with van der Waals surface area (Å²) in [6.07, 6.45) is -4.53. The Labute approximate surface area is 239 Å². The van der Waals surface area contributed by atoms with Crippen molar-refractivity contribution < 1.29 is 22.7 Å². The van der Waals surface area contributed by atoms with Crippen LogP contribution < -0.4 is 10.9 Å². The van der Waals surface area contributed by atoms with E-state index in [1.165, 1.54) is 10.6 Å². The number of carbonyl (C=O) groups excluding carboxylic acids is 1. The van der Waals surface area contributed by atoms with Crippen LogP contribution in [0.4, 0.5) is 18.9 Å². The maximum atomic E-state index is 14.2. The number of nitrogens with one attached hydrogen (secondary N) is 2. The van der Waals surface area contributed by atoms with E-state index in [0.29, 0.717) is 30.2 Å². The number of nitrogens with zero attached hydrogens (tertiary/aromatic N) is 6. The number of anilines is 1. The van der Waals surface area contributed by atoms with Gasteiger partial charge in [-0.3, -0.25) is 14.2 Å². The van der Waals surface area contributed by atoms with Crippen LogP contribution in [0.2, 0.25) is 0 Å². The minimum Gasteiger partial charge on any atom is -0.379 e. The van der Waals surface area contributed by atoms with Crippen LogP contribution in [-0.4, -0.2) is 66.3 Å². The second kappa shape index (κ2) is 11.5. The molecule has 2 N–H and O–H groups in total. The summed E-state index contributed by atoms with van der Waals surface area (Å²) in [6.45, 7) is 8.12. The Hall–Kier alpha value is -4.33. The van der Waals surface area contributed by atoms with Crippen molar-refractivity contribution in [2.24, 2.45) is 0 Å². The van der Waals surface area contributed by atoms with Gasteiger partial charge in [0, 0.05) is 43.3 Å². The Morgan fingerprint density at radius 2 is 1.86 bits per heavy atom. The summed E-state index contributed by atoms with van der Waals surface area (Å²) in [5.41, 5.74) is -0.481. The summed E-state index contributed by atoms with van der Waals surface area (Å²) in [6, 6.07) is 7.94. The molecule has 0 saturated carbocycles. The minimum atomic E-state index is -4.68. The van der Waals surface area contributed by atoms with Crippen LogP contribution >= 0.6 is 0 Å². The number of morpholine rings is 1. The Morgan fingerprint density at radius 1 is 1.17 bits per heavy atom. The van der Waals surface area contributed by atoms with Crippen molar-refractivity contribution in [2.45, 2.75) is 65.1 Å². The number of benzene rings is 2. The first-order valence-corrected chi connectivity index (χ1v) is 13.6. The molecule has 1 aliphatic heterocycles. The molecule has 1 amide bonds. The van der Waals surface area contributed by atoms with Crippen LogP contribution in [0.5, 0.6) is 0 Å². The van der Waals surface area contributed by atoms with E-state index in [9.17, 15) is 22.8 Å². The number of hydrogen-bond donors (Lipinski definition) is 2. The highest BCUT2D eigenvalue weighted by Gasteiger charge is 2.36. The number of rotatable bonds is 7. The summed E-state index contributed by atoms with van der Waals surface area (Å²) in [5, 5.41) is 16.7. The maximum Gasteiger partial charge on any atom is 0.416 e. The molecule has 42 heavy (non-hydrogen) atoms. The molecule has 1 fully saturated rings. The number of aromatic amines is 1. The molecule has 11 nitrogen and oxygen atoms in total. The average Bonchev–Trinajstić information content (AvgIpc) is 3.45. The third-order valence-electron chi connectivity index (χ3n) is 7.26. The largest absolute Gasteiger partial charge is 0.416 e. The van der Waals surface area contributed by atoms with Gasteiger partial charge in [-0.25, -0.2) is 4.98 Å². The van der Waals surface area contributed by atoms with E-state index in [0.717, 1.165) is 6.07 Å². The average molecular weight is 585 g/mol. The number of amides is 1. The third kappa shape index (κ3) is 6.12. The summed E-state index contributed by atoms with van der Waals surface area (Å²) >= 11 is 0. The fourth-order valence-electron chi connectivity index (χ4n) is 5.33. The third-order valence-corrected chi connectivity index (χ3v) is 7.26. The molecule has 1 aliphatic rings. The van der Waals surface area contributed by atoms with Gasteiger partial charge < -0.3 is 15.0 Å². The molecule has 3 atom stereocenters. The lowest BCUT2D eigenvalue weighted by molar-refractivity contribution is -0.138. The van der Waals surface area contributed by atoms with Crippen LogP contribution in [0, 0.1) is 6.92 Å². The number of aromatic nitrogens is 6. The van der Waals surface area contributed by atoms with Crippen LogP contribution in [0.1, 0.15) is 59.9 Å². The van der Waals surface area contributed by atoms with Gasteiger partial charge in [0.25, 0.3) is 11.5 Å². The first-order valence-electron chi connectivity index (χ1n) is 13.6. The number of ether oxygens (including phenoxy) is 1. The monoisotopic (exact) mass is 584 g/mol. The van der Waals surface area contributed by atoms with Crippen molar-refractivity contribution in [3.05, 3.63) is 75.1 Å². The van der Waals surface area contributed by atoms with Crippen LogP contribution in [0.3, 0.4) is 0 Å². The van der Waals surface area contributed by atoms with Gasteiger partial charge in [-0.1, -0.05) is 5.21 Å². The fourth-order valence-corrected chi connectivity index (χ4v) is 5.33.